The van der Waals surface area contributed by atoms with Gasteiger partial charge in [0.15, 0.2) is 0 Å². The predicted molar refractivity (Wildman–Crippen MR) is 148 cm³/mol. The molecule has 0 spiro atoms. The number of benzene rings is 3. The zero-order valence-corrected chi connectivity index (χ0v) is 23.8. The second-order valence-corrected chi connectivity index (χ2v) is 24.4. The summed E-state index contributed by atoms with van der Waals surface area (Å²) >= 11 is -1.42. The number of hydrogen-bond acceptors (Lipinski definition) is 0. The first-order valence-electron chi connectivity index (χ1n) is 11.2. The second-order valence-electron chi connectivity index (χ2n) is 8.31. The fraction of sp³-hybridized carbons (Fsp3) is 0.172. The number of halogens is 2. The molecule has 0 saturated carbocycles. The fourth-order valence-corrected chi connectivity index (χ4v) is 3.67. The molecule has 0 bridgehead atoms. The third kappa shape index (κ3) is 7.44. The average molecular weight is 525 g/mol. The average Bonchev–Trinajstić information content (AvgIpc) is 3.42. The van der Waals surface area contributed by atoms with Crippen molar-refractivity contribution in [1.29, 1.82) is 0 Å². The Balaban J connectivity index is 0.000000157. The Hall–Kier alpha value is -1.61. The van der Waals surface area contributed by atoms with Crippen molar-refractivity contribution in [2.24, 2.45) is 0 Å². The summed E-state index contributed by atoms with van der Waals surface area (Å²) in [4.78, 5) is 0. The van der Waals surface area contributed by atoms with Crippen molar-refractivity contribution in [2.45, 2.75) is 33.4 Å². The van der Waals surface area contributed by atoms with Gasteiger partial charge in [-0.2, -0.15) is 12.1 Å². The van der Waals surface area contributed by atoms with Crippen LogP contribution < -0.4 is 0 Å². The van der Waals surface area contributed by atoms with Crippen molar-refractivity contribution in [2.75, 3.05) is 0 Å². The Kier molecular flexibility index (Phi) is 10.0. The van der Waals surface area contributed by atoms with Gasteiger partial charge in [0.25, 0.3) is 0 Å². The van der Waals surface area contributed by atoms with E-state index in [0.29, 0.717) is 0 Å². The van der Waals surface area contributed by atoms with Gasteiger partial charge in [0.2, 0.25) is 0 Å². The summed E-state index contributed by atoms with van der Waals surface area (Å²) in [5.41, 5.74) is 5.38. The molecule has 0 amide bonds. The standard InChI is InChI=1S/C16H13.C11H11.C2H6Si.2ClH.Ti/c1-12-10-14-8-5-9-15(16(14)11-12)13-6-3-2-4-7-13;1-2-9-7-10-5-3-4-6-11(10)8-9;1-3-2;;;/h2-11H,1H3;3-8H,2H2,1H3;1-2H3;2*1H;/q2*-1;;;;+2/p-2. The van der Waals surface area contributed by atoms with Crippen LogP contribution >= 0.6 is 18.6 Å². The van der Waals surface area contributed by atoms with Gasteiger partial charge in [0, 0.05) is 0 Å². The summed E-state index contributed by atoms with van der Waals surface area (Å²) in [6.07, 6.45) is 0.879. The van der Waals surface area contributed by atoms with Gasteiger partial charge in [0.05, 0.1) is 0 Å². The van der Waals surface area contributed by atoms with E-state index in [9.17, 15) is 0 Å². The fourth-order valence-electron chi connectivity index (χ4n) is 3.67. The summed E-state index contributed by atoms with van der Waals surface area (Å²) in [5.74, 6) is 0. The summed E-state index contributed by atoms with van der Waals surface area (Å²) in [6.45, 7) is 8.64. The normalized spacial score (nSPS) is 10.2. The molecule has 0 aliphatic heterocycles. The molecule has 0 unspecified atom stereocenters. The van der Waals surface area contributed by atoms with Crippen LogP contribution in [0.25, 0.3) is 32.7 Å². The zero-order chi connectivity index (χ0) is 23.8. The van der Waals surface area contributed by atoms with Crippen LogP contribution in [0, 0.1) is 6.92 Å². The van der Waals surface area contributed by atoms with Crippen LogP contribution in [0.3, 0.4) is 0 Å². The second kappa shape index (κ2) is 12.7. The molecule has 0 fully saturated rings. The molecule has 5 aromatic carbocycles. The Bertz CT molecular complexity index is 1300. The van der Waals surface area contributed by atoms with Gasteiger partial charge < -0.3 is 0 Å². The molecule has 4 heteroatoms. The van der Waals surface area contributed by atoms with Gasteiger partial charge in [-0.3, -0.25) is 0 Å². The molecule has 0 aromatic heterocycles. The predicted octanol–water partition coefficient (Wildman–Crippen LogP) is 9.82. The first-order chi connectivity index (χ1) is 15.9. The minimum absolute atomic E-state index is 0.254. The molecule has 5 rings (SSSR count). The van der Waals surface area contributed by atoms with E-state index in [-0.39, 0.29) is 6.19 Å². The monoisotopic (exact) mass is 524 g/mol. The summed E-state index contributed by atoms with van der Waals surface area (Å²) in [6, 6.07) is 34.6. The first kappa shape index (κ1) is 26.0. The molecule has 5 aromatic rings. The van der Waals surface area contributed by atoms with Crippen LogP contribution in [0.1, 0.15) is 18.1 Å². The molecule has 0 aliphatic carbocycles. The molecular weight excluding hydrogens is 495 g/mol. The van der Waals surface area contributed by atoms with Crippen molar-refractivity contribution in [1.82, 2.24) is 0 Å². The van der Waals surface area contributed by atoms with Crippen LogP contribution in [-0.4, -0.2) is 6.19 Å². The van der Waals surface area contributed by atoms with Gasteiger partial charge in [-0.05, 0) is 12.0 Å². The number of fused-ring (bicyclic) bond motifs is 2. The van der Waals surface area contributed by atoms with Gasteiger partial charge >= 0.3 is 52.4 Å². The number of aryl methyl sites for hydroxylation is 2. The van der Waals surface area contributed by atoms with Crippen molar-refractivity contribution >= 4 is 46.3 Å². The van der Waals surface area contributed by atoms with E-state index in [2.05, 4.69) is 124 Å². The maximum absolute atomic E-state index is 5.59. The Morgan fingerprint density at radius 2 is 1.42 bits per heavy atom. The van der Waals surface area contributed by atoms with Crippen LogP contribution in [-0.2, 0) is 20.9 Å². The Labute approximate surface area is 212 Å². The molecular formula is C29H30Cl2SiTi-2. The summed E-state index contributed by atoms with van der Waals surface area (Å²) in [5, 5.41) is 5.42. The van der Waals surface area contributed by atoms with E-state index in [4.69, 9.17) is 18.6 Å². The van der Waals surface area contributed by atoms with E-state index in [1.807, 2.05) is 0 Å². The number of hydrogen-bond donors (Lipinski definition) is 0. The SMILES string of the molecule is CCc1cc2ccccc2[cH-]1.C[Si](C)=[Ti]([Cl])[Cl].Cc1cc2c(-c3ccccc3)cccc2[cH-]1. The molecule has 0 radical (unpaired) electrons. The van der Waals surface area contributed by atoms with Crippen molar-refractivity contribution in [3.8, 4) is 11.1 Å². The maximum atomic E-state index is 5.59. The Morgan fingerprint density at radius 3 is 2.06 bits per heavy atom. The zero-order valence-electron chi connectivity index (χ0n) is 19.7. The maximum Gasteiger partial charge on any atom is -0.0279 e. The Morgan fingerprint density at radius 1 is 0.788 bits per heavy atom. The molecule has 0 N–H and O–H groups in total. The molecule has 0 atom stereocenters. The van der Waals surface area contributed by atoms with E-state index < -0.39 is 14.5 Å². The van der Waals surface area contributed by atoms with E-state index in [1.165, 1.54) is 43.8 Å². The summed E-state index contributed by atoms with van der Waals surface area (Å²) in [7, 11) is 11.2. The van der Waals surface area contributed by atoms with Crippen LogP contribution in [0.15, 0.2) is 97.1 Å². The van der Waals surface area contributed by atoms with Gasteiger partial charge in [-0.15, -0.1) is 75.1 Å². The third-order valence-corrected chi connectivity index (χ3v) is 19.1. The minimum Gasteiger partial charge on any atom is -0.165 e. The minimum atomic E-state index is -1.42. The molecule has 0 saturated heterocycles. The van der Waals surface area contributed by atoms with Gasteiger partial charge in [-0.1, -0.05) is 61.9 Å². The largest absolute Gasteiger partial charge is 0.165 e. The van der Waals surface area contributed by atoms with Crippen molar-refractivity contribution < 1.29 is 14.5 Å². The quantitative estimate of drug-likeness (QED) is 0.159. The molecule has 0 aliphatic rings. The smallest absolute Gasteiger partial charge is 0.0279 e. The number of rotatable bonds is 2. The molecule has 170 valence electrons. The van der Waals surface area contributed by atoms with Crippen molar-refractivity contribution in [3.63, 3.8) is 0 Å². The first-order valence-corrected chi connectivity index (χ1v) is 20.4. The van der Waals surface area contributed by atoms with E-state index in [1.54, 1.807) is 0 Å². The van der Waals surface area contributed by atoms with Crippen LogP contribution in [0.5, 0.6) is 0 Å². The van der Waals surface area contributed by atoms with Crippen molar-refractivity contribution in [3.05, 3.63) is 108 Å². The summed E-state index contributed by atoms with van der Waals surface area (Å²) < 4.78 is 0. The van der Waals surface area contributed by atoms with Crippen LogP contribution in [0.2, 0.25) is 13.1 Å². The topological polar surface area (TPSA) is 0 Å². The van der Waals surface area contributed by atoms with E-state index >= 15 is 0 Å². The van der Waals surface area contributed by atoms with Crippen LogP contribution in [0.4, 0.5) is 0 Å². The molecule has 0 heterocycles. The molecule has 33 heavy (non-hydrogen) atoms. The molecule has 0 nitrogen and oxygen atoms in total. The van der Waals surface area contributed by atoms with E-state index in [0.717, 1.165) is 6.42 Å². The van der Waals surface area contributed by atoms with Gasteiger partial charge in [0.1, 0.15) is 0 Å². The van der Waals surface area contributed by atoms with Gasteiger partial charge in [-0.25, -0.2) is 0 Å². The third-order valence-electron chi connectivity index (χ3n) is 5.44.